The molecule has 0 saturated carbocycles. The molecule has 106 valence electrons. The molecule has 2 N–H and O–H groups in total. The van der Waals surface area contributed by atoms with Crippen LogP contribution in [-0.2, 0) is 6.54 Å². The van der Waals surface area contributed by atoms with Gasteiger partial charge in [0, 0.05) is 32.5 Å². The van der Waals surface area contributed by atoms with Gasteiger partial charge in [0.15, 0.2) is 5.69 Å². The van der Waals surface area contributed by atoms with E-state index in [0.717, 1.165) is 25.9 Å². The molecule has 0 aliphatic rings. The van der Waals surface area contributed by atoms with Crippen molar-refractivity contribution in [3.8, 4) is 0 Å². The van der Waals surface area contributed by atoms with Crippen molar-refractivity contribution < 1.29 is 4.79 Å². The van der Waals surface area contributed by atoms with Gasteiger partial charge >= 0.3 is 0 Å². The van der Waals surface area contributed by atoms with Crippen LogP contribution >= 0.6 is 0 Å². The number of nitrogens with one attached hydrogen (secondary N) is 2. The fourth-order valence-electron chi connectivity index (χ4n) is 1.73. The van der Waals surface area contributed by atoms with E-state index in [-0.39, 0.29) is 5.91 Å². The molecule has 20 heavy (non-hydrogen) atoms. The molecule has 2 heterocycles. The Labute approximate surface area is 117 Å². The highest BCUT2D eigenvalue weighted by Gasteiger charge is 2.04. The first-order valence-corrected chi connectivity index (χ1v) is 6.55. The number of hydrogen-bond acceptors (Lipinski definition) is 5. The lowest BCUT2D eigenvalue weighted by atomic mass is 10.3. The van der Waals surface area contributed by atoms with Crippen molar-refractivity contribution >= 4 is 11.7 Å². The summed E-state index contributed by atoms with van der Waals surface area (Å²) >= 11 is 0. The molecule has 1 amide bonds. The minimum atomic E-state index is -0.232. The van der Waals surface area contributed by atoms with Crippen molar-refractivity contribution in [2.24, 2.45) is 0 Å². The Morgan fingerprint density at radius 2 is 2.20 bits per heavy atom. The average Bonchev–Trinajstić information content (AvgIpc) is 3.00. The summed E-state index contributed by atoms with van der Waals surface area (Å²) < 4.78 is 2.05. The second-order valence-corrected chi connectivity index (χ2v) is 4.32. The molecule has 0 radical (unpaired) electrons. The highest BCUT2D eigenvalue weighted by molar-refractivity contribution is 5.91. The number of aromatic nitrogens is 4. The zero-order valence-electron chi connectivity index (χ0n) is 11.4. The maximum Gasteiger partial charge on any atom is 0.271 e. The van der Waals surface area contributed by atoms with Crippen LogP contribution < -0.4 is 10.6 Å². The van der Waals surface area contributed by atoms with E-state index in [2.05, 4.69) is 30.4 Å². The highest BCUT2D eigenvalue weighted by Crippen LogP contribution is 2.03. The topological polar surface area (TPSA) is 84.7 Å². The van der Waals surface area contributed by atoms with Crippen molar-refractivity contribution in [1.29, 1.82) is 0 Å². The van der Waals surface area contributed by atoms with Crippen molar-refractivity contribution in [2.45, 2.75) is 19.4 Å². The minimum absolute atomic E-state index is 0.232. The number of carbonyl (C=O) groups excluding carboxylic acids is 1. The van der Waals surface area contributed by atoms with E-state index >= 15 is 0 Å². The molecule has 0 unspecified atom stereocenters. The Kier molecular flexibility index (Phi) is 5.05. The number of rotatable bonds is 7. The summed E-state index contributed by atoms with van der Waals surface area (Å²) in [5, 5.41) is 13.5. The molecule has 0 saturated heterocycles. The van der Waals surface area contributed by atoms with E-state index in [1.54, 1.807) is 25.4 Å². The van der Waals surface area contributed by atoms with Gasteiger partial charge in [0.2, 0.25) is 0 Å². The van der Waals surface area contributed by atoms with Gasteiger partial charge in [0.1, 0.15) is 5.82 Å². The van der Waals surface area contributed by atoms with E-state index in [9.17, 15) is 4.79 Å². The predicted octanol–water partition coefficient (Wildman–Crippen LogP) is 0.925. The van der Waals surface area contributed by atoms with Crippen molar-refractivity contribution in [3.05, 3.63) is 36.5 Å². The molecule has 0 bridgehead atoms. The van der Waals surface area contributed by atoms with Crippen LogP contribution in [0.2, 0.25) is 0 Å². The number of unbranched alkanes of at least 4 members (excludes halogenated alkanes) is 1. The smallest absolute Gasteiger partial charge is 0.271 e. The number of carbonyl (C=O) groups is 1. The number of hydrogen-bond donors (Lipinski definition) is 2. The molecule has 0 spiro atoms. The summed E-state index contributed by atoms with van der Waals surface area (Å²) in [6.45, 7) is 1.78. The van der Waals surface area contributed by atoms with Crippen LogP contribution in [0.3, 0.4) is 0 Å². The molecule has 2 rings (SSSR count). The van der Waals surface area contributed by atoms with Gasteiger partial charge in [-0.25, -0.2) is 4.98 Å². The summed E-state index contributed by atoms with van der Waals surface area (Å²) in [5.41, 5.74) is 0.318. The summed E-state index contributed by atoms with van der Waals surface area (Å²) in [4.78, 5) is 15.3. The Morgan fingerprint density at radius 3 is 2.85 bits per heavy atom. The fraction of sp³-hybridized carbons (Fsp3) is 0.385. The van der Waals surface area contributed by atoms with E-state index in [4.69, 9.17) is 0 Å². The van der Waals surface area contributed by atoms with Gasteiger partial charge in [-0.2, -0.15) is 0 Å². The van der Waals surface area contributed by atoms with Gasteiger partial charge in [-0.3, -0.25) is 4.79 Å². The van der Waals surface area contributed by atoms with E-state index in [0.29, 0.717) is 11.5 Å². The van der Waals surface area contributed by atoms with Crippen molar-refractivity contribution in [2.75, 3.05) is 18.9 Å². The first-order valence-electron chi connectivity index (χ1n) is 6.55. The van der Waals surface area contributed by atoms with E-state index < -0.39 is 0 Å². The lowest BCUT2D eigenvalue weighted by Gasteiger charge is -2.06. The molecule has 0 aliphatic carbocycles. The number of amides is 1. The molecule has 0 fully saturated rings. The summed E-state index contributed by atoms with van der Waals surface area (Å²) in [7, 11) is 1.57. The maximum absolute atomic E-state index is 11.3. The van der Waals surface area contributed by atoms with Crippen LogP contribution in [0, 0.1) is 0 Å². The van der Waals surface area contributed by atoms with E-state index in [1.807, 2.05) is 12.5 Å². The van der Waals surface area contributed by atoms with Crippen LogP contribution in [0.5, 0.6) is 0 Å². The molecule has 0 aliphatic heterocycles. The largest absolute Gasteiger partial charge is 0.369 e. The summed E-state index contributed by atoms with van der Waals surface area (Å²) in [5.74, 6) is 0.449. The molecule has 7 heteroatoms. The third-order valence-electron chi connectivity index (χ3n) is 2.83. The van der Waals surface area contributed by atoms with Crippen molar-refractivity contribution in [1.82, 2.24) is 25.1 Å². The van der Waals surface area contributed by atoms with Crippen LogP contribution in [-0.4, -0.2) is 39.2 Å². The first kappa shape index (κ1) is 14.0. The minimum Gasteiger partial charge on any atom is -0.369 e. The molecule has 0 aromatic carbocycles. The Hall–Kier alpha value is -2.44. The summed E-state index contributed by atoms with van der Waals surface area (Å²) in [6.07, 6.45) is 7.64. The third kappa shape index (κ3) is 4.04. The SMILES string of the molecule is CNC(=O)c1ccc(NCCCCn2ccnc2)nn1. The lowest BCUT2D eigenvalue weighted by molar-refractivity contribution is 0.0957. The molecule has 0 atom stereocenters. The van der Waals surface area contributed by atoms with Crippen LogP contribution in [0.1, 0.15) is 23.3 Å². The lowest BCUT2D eigenvalue weighted by Crippen LogP contribution is -2.19. The first-order chi connectivity index (χ1) is 9.79. The molecule has 2 aromatic heterocycles. The standard InChI is InChI=1S/C13H18N6O/c1-14-13(20)11-4-5-12(18-17-11)16-6-2-3-8-19-9-7-15-10-19/h4-5,7,9-10H,2-3,6,8H2,1H3,(H,14,20)(H,16,18). The van der Waals surface area contributed by atoms with Gasteiger partial charge in [-0.15, -0.1) is 10.2 Å². The second kappa shape index (κ2) is 7.22. The molecular weight excluding hydrogens is 256 g/mol. The number of nitrogens with zero attached hydrogens (tertiary/aromatic N) is 4. The number of imidazole rings is 1. The third-order valence-corrected chi connectivity index (χ3v) is 2.83. The Morgan fingerprint density at radius 1 is 1.30 bits per heavy atom. The molecular formula is C13H18N6O. The fourth-order valence-corrected chi connectivity index (χ4v) is 1.73. The Bertz CT molecular complexity index is 522. The van der Waals surface area contributed by atoms with Gasteiger partial charge < -0.3 is 15.2 Å². The predicted molar refractivity (Wildman–Crippen MR) is 75.4 cm³/mol. The number of aryl methyl sites for hydroxylation is 1. The zero-order valence-corrected chi connectivity index (χ0v) is 11.4. The van der Waals surface area contributed by atoms with Crippen LogP contribution in [0.25, 0.3) is 0 Å². The quantitative estimate of drug-likeness (QED) is 0.734. The molecule has 2 aromatic rings. The second-order valence-electron chi connectivity index (χ2n) is 4.32. The summed E-state index contributed by atoms with van der Waals surface area (Å²) in [6, 6.07) is 3.41. The van der Waals surface area contributed by atoms with Crippen molar-refractivity contribution in [3.63, 3.8) is 0 Å². The van der Waals surface area contributed by atoms with Crippen LogP contribution in [0.15, 0.2) is 30.9 Å². The van der Waals surface area contributed by atoms with Gasteiger partial charge in [-0.05, 0) is 25.0 Å². The normalized spacial score (nSPS) is 10.2. The highest BCUT2D eigenvalue weighted by atomic mass is 16.1. The monoisotopic (exact) mass is 274 g/mol. The average molecular weight is 274 g/mol. The van der Waals surface area contributed by atoms with E-state index in [1.165, 1.54) is 0 Å². The van der Waals surface area contributed by atoms with Crippen LogP contribution in [0.4, 0.5) is 5.82 Å². The zero-order chi connectivity index (χ0) is 14.2. The van der Waals surface area contributed by atoms with Gasteiger partial charge in [-0.1, -0.05) is 0 Å². The number of anilines is 1. The maximum atomic E-state index is 11.3. The molecule has 7 nitrogen and oxygen atoms in total. The Balaban J connectivity index is 1.67. The van der Waals surface area contributed by atoms with Gasteiger partial charge in [0.05, 0.1) is 6.33 Å². The van der Waals surface area contributed by atoms with Gasteiger partial charge in [0.25, 0.3) is 5.91 Å².